The van der Waals surface area contributed by atoms with Crippen molar-refractivity contribution in [3.05, 3.63) is 35.4 Å². The first-order valence-corrected chi connectivity index (χ1v) is 10.1. The minimum absolute atomic E-state index is 1.11. The highest BCUT2D eigenvalue weighted by Gasteiger charge is 2.13. The van der Waals surface area contributed by atoms with Crippen molar-refractivity contribution in [1.29, 1.82) is 0 Å². The van der Waals surface area contributed by atoms with Crippen LogP contribution in [0.3, 0.4) is 0 Å². The van der Waals surface area contributed by atoms with Crippen LogP contribution < -0.4 is 0 Å². The Balaban J connectivity index is 1.38. The molecule has 0 aromatic heterocycles. The summed E-state index contributed by atoms with van der Waals surface area (Å²) in [6.07, 6.45) is 3.78. The molecule has 0 unspecified atom stereocenters. The number of benzene rings is 1. The van der Waals surface area contributed by atoms with Gasteiger partial charge in [0.1, 0.15) is 0 Å². The van der Waals surface area contributed by atoms with Gasteiger partial charge < -0.3 is 14.7 Å². The Hall–Kier alpha value is -0.940. The van der Waals surface area contributed by atoms with Gasteiger partial charge in [-0.1, -0.05) is 24.3 Å². The van der Waals surface area contributed by atoms with E-state index < -0.39 is 0 Å². The van der Waals surface area contributed by atoms with Crippen LogP contribution in [0.2, 0.25) is 0 Å². The van der Waals surface area contributed by atoms with Crippen LogP contribution in [0.5, 0.6) is 0 Å². The zero-order valence-corrected chi connectivity index (χ0v) is 16.3. The second-order valence-corrected chi connectivity index (χ2v) is 8.00. The molecule has 0 saturated carbocycles. The summed E-state index contributed by atoms with van der Waals surface area (Å²) < 4.78 is 0. The molecule has 0 radical (unpaired) electrons. The minimum atomic E-state index is 1.11. The largest absolute Gasteiger partial charge is 0.305 e. The highest BCUT2D eigenvalue weighted by atomic mass is 15.2. The number of likely N-dealkylation sites (N-methyl/N-ethyl adjacent to an activating group) is 2. The van der Waals surface area contributed by atoms with Gasteiger partial charge in [-0.15, -0.1) is 0 Å². The van der Waals surface area contributed by atoms with Crippen LogP contribution in [-0.4, -0.2) is 92.6 Å². The lowest BCUT2D eigenvalue weighted by molar-refractivity contribution is 0.153. The van der Waals surface area contributed by atoms with Gasteiger partial charge in [-0.25, -0.2) is 0 Å². The van der Waals surface area contributed by atoms with E-state index in [9.17, 15) is 0 Å². The van der Waals surface area contributed by atoms with Gasteiger partial charge in [-0.3, -0.25) is 4.90 Å². The normalized spacial score (nSPS) is 22.2. The second kappa shape index (κ2) is 9.67. The van der Waals surface area contributed by atoms with Gasteiger partial charge in [0.05, 0.1) is 0 Å². The molecule has 4 nitrogen and oxygen atoms in total. The van der Waals surface area contributed by atoms with Crippen LogP contribution in [0.25, 0.3) is 0 Å². The lowest BCUT2D eigenvalue weighted by Crippen LogP contribution is -2.44. The molecule has 0 amide bonds. The highest BCUT2D eigenvalue weighted by Crippen LogP contribution is 2.12. The predicted molar refractivity (Wildman–Crippen MR) is 106 cm³/mol. The second-order valence-electron chi connectivity index (χ2n) is 8.00. The molecule has 0 N–H and O–H groups in total. The predicted octanol–water partition coefficient (Wildman–Crippen LogP) is 2.00. The standard InChI is InChI=1S/C21H36N4/c1-22-10-4-12-25(18-15-22)19-21-8-6-20(7-9-21)5-3-11-24-16-13-23(2)14-17-24/h6-9H,3-5,10-19H2,1-2H3. The van der Waals surface area contributed by atoms with E-state index in [0.717, 1.165) is 6.54 Å². The molecule has 0 spiro atoms. The molecule has 1 aromatic carbocycles. The lowest BCUT2D eigenvalue weighted by atomic mass is 10.1. The first kappa shape index (κ1) is 18.8. The number of nitrogens with zero attached hydrogens (tertiary/aromatic N) is 4. The summed E-state index contributed by atoms with van der Waals surface area (Å²) in [5, 5.41) is 0. The van der Waals surface area contributed by atoms with Crippen molar-refractivity contribution in [1.82, 2.24) is 19.6 Å². The van der Waals surface area contributed by atoms with Gasteiger partial charge in [0.15, 0.2) is 0 Å². The molecule has 2 saturated heterocycles. The number of hydrogen-bond donors (Lipinski definition) is 0. The van der Waals surface area contributed by atoms with Crippen molar-refractivity contribution in [3.8, 4) is 0 Å². The van der Waals surface area contributed by atoms with Gasteiger partial charge in [-0.2, -0.15) is 0 Å². The number of rotatable bonds is 6. The molecule has 25 heavy (non-hydrogen) atoms. The molecule has 3 rings (SSSR count). The molecular formula is C21H36N4. The van der Waals surface area contributed by atoms with Crippen LogP contribution in [0.4, 0.5) is 0 Å². The van der Waals surface area contributed by atoms with Gasteiger partial charge in [0.2, 0.25) is 0 Å². The molecule has 4 heteroatoms. The molecule has 2 heterocycles. The molecule has 0 atom stereocenters. The zero-order chi connectivity index (χ0) is 17.5. The van der Waals surface area contributed by atoms with Crippen molar-refractivity contribution >= 4 is 0 Å². The van der Waals surface area contributed by atoms with E-state index in [1.165, 1.54) is 89.3 Å². The number of piperazine rings is 1. The molecule has 140 valence electrons. The summed E-state index contributed by atoms with van der Waals surface area (Å²) in [6.45, 7) is 12.1. The highest BCUT2D eigenvalue weighted by molar-refractivity contribution is 5.22. The van der Waals surface area contributed by atoms with E-state index in [1.807, 2.05) is 0 Å². The maximum atomic E-state index is 2.62. The number of aryl methyl sites for hydroxylation is 1. The van der Waals surface area contributed by atoms with Crippen LogP contribution in [-0.2, 0) is 13.0 Å². The molecule has 2 fully saturated rings. The van der Waals surface area contributed by atoms with Crippen molar-refractivity contribution in [2.75, 3.05) is 73.0 Å². The monoisotopic (exact) mass is 344 g/mol. The fraction of sp³-hybridized carbons (Fsp3) is 0.714. The molecular weight excluding hydrogens is 308 g/mol. The quantitative estimate of drug-likeness (QED) is 0.782. The summed E-state index contributed by atoms with van der Waals surface area (Å²) in [6, 6.07) is 9.39. The van der Waals surface area contributed by atoms with Crippen LogP contribution in [0.1, 0.15) is 24.0 Å². The lowest BCUT2D eigenvalue weighted by Gasteiger charge is -2.32. The Morgan fingerprint density at radius 2 is 1.28 bits per heavy atom. The van der Waals surface area contributed by atoms with Crippen LogP contribution in [0, 0.1) is 0 Å². The average molecular weight is 345 g/mol. The first-order chi connectivity index (χ1) is 12.2. The van der Waals surface area contributed by atoms with Crippen molar-refractivity contribution in [2.24, 2.45) is 0 Å². The summed E-state index contributed by atoms with van der Waals surface area (Å²) in [7, 11) is 4.46. The van der Waals surface area contributed by atoms with E-state index in [4.69, 9.17) is 0 Å². The molecule has 2 aliphatic heterocycles. The van der Waals surface area contributed by atoms with E-state index in [2.05, 4.69) is 58.0 Å². The molecule has 1 aromatic rings. The third-order valence-electron chi connectivity index (χ3n) is 5.78. The van der Waals surface area contributed by atoms with E-state index in [1.54, 1.807) is 0 Å². The van der Waals surface area contributed by atoms with Gasteiger partial charge >= 0.3 is 0 Å². The SMILES string of the molecule is CN1CCN(CCCc2ccc(CN3CCCN(C)CC3)cc2)CC1. The summed E-state index contributed by atoms with van der Waals surface area (Å²) in [5.41, 5.74) is 2.96. The molecule has 2 aliphatic rings. The topological polar surface area (TPSA) is 13.0 Å². The maximum absolute atomic E-state index is 2.62. The Labute approximate surface area is 154 Å². The number of hydrogen-bond acceptors (Lipinski definition) is 4. The summed E-state index contributed by atoms with van der Waals surface area (Å²) >= 11 is 0. The Kier molecular flexibility index (Phi) is 7.29. The van der Waals surface area contributed by atoms with Crippen LogP contribution >= 0.6 is 0 Å². The van der Waals surface area contributed by atoms with E-state index in [0.29, 0.717) is 0 Å². The van der Waals surface area contributed by atoms with Crippen molar-refractivity contribution in [2.45, 2.75) is 25.8 Å². The fourth-order valence-corrected chi connectivity index (χ4v) is 3.91. The maximum Gasteiger partial charge on any atom is 0.0234 e. The van der Waals surface area contributed by atoms with E-state index >= 15 is 0 Å². The van der Waals surface area contributed by atoms with E-state index in [-0.39, 0.29) is 0 Å². The third-order valence-corrected chi connectivity index (χ3v) is 5.78. The minimum Gasteiger partial charge on any atom is -0.305 e. The van der Waals surface area contributed by atoms with Gasteiger partial charge in [0, 0.05) is 45.8 Å². The Morgan fingerprint density at radius 1 is 0.680 bits per heavy atom. The van der Waals surface area contributed by atoms with Crippen LogP contribution in [0.15, 0.2) is 24.3 Å². The summed E-state index contributed by atoms with van der Waals surface area (Å²) in [5.74, 6) is 0. The third kappa shape index (κ3) is 6.37. The van der Waals surface area contributed by atoms with Gasteiger partial charge in [-0.05, 0) is 64.1 Å². The smallest absolute Gasteiger partial charge is 0.0234 e. The molecule has 0 aliphatic carbocycles. The summed E-state index contributed by atoms with van der Waals surface area (Å²) in [4.78, 5) is 10.1. The van der Waals surface area contributed by atoms with Gasteiger partial charge in [0.25, 0.3) is 0 Å². The zero-order valence-electron chi connectivity index (χ0n) is 16.3. The van der Waals surface area contributed by atoms with Crippen molar-refractivity contribution in [3.63, 3.8) is 0 Å². The van der Waals surface area contributed by atoms with Crippen molar-refractivity contribution < 1.29 is 0 Å². The Morgan fingerprint density at radius 3 is 2.00 bits per heavy atom. The first-order valence-electron chi connectivity index (χ1n) is 10.1. The fourth-order valence-electron chi connectivity index (χ4n) is 3.91. The average Bonchev–Trinajstić information content (AvgIpc) is 2.83. The Bertz CT molecular complexity index is 493. The molecule has 0 bridgehead atoms.